The molecule has 1 aliphatic rings. The van der Waals surface area contributed by atoms with Crippen molar-refractivity contribution >= 4 is 0 Å². The molecule has 1 saturated heterocycles. The molecule has 2 rings (SSSR count). The SMILES string of the molecule is C[C@H]1CCCN1CCOc1ccccc1. The largest absolute Gasteiger partial charge is 0.492 e. The number of rotatable bonds is 4. The molecule has 0 radical (unpaired) electrons. The number of para-hydroxylation sites is 1. The van der Waals surface area contributed by atoms with Gasteiger partial charge in [-0.15, -0.1) is 0 Å². The molecule has 2 heteroatoms. The van der Waals surface area contributed by atoms with Crippen molar-refractivity contribution in [2.75, 3.05) is 19.7 Å². The number of hydrogen-bond donors (Lipinski definition) is 0. The van der Waals surface area contributed by atoms with Gasteiger partial charge in [0.15, 0.2) is 0 Å². The first-order valence-corrected chi connectivity index (χ1v) is 5.78. The molecule has 1 aromatic carbocycles. The van der Waals surface area contributed by atoms with E-state index in [1.807, 2.05) is 30.3 Å². The fourth-order valence-corrected chi connectivity index (χ4v) is 2.12. The summed E-state index contributed by atoms with van der Waals surface area (Å²) in [6.07, 6.45) is 2.68. The zero-order valence-electron chi connectivity index (χ0n) is 9.36. The molecule has 0 aromatic heterocycles. The Morgan fingerprint density at radius 1 is 1.33 bits per heavy atom. The summed E-state index contributed by atoms with van der Waals surface area (Å²) in [6, 6.07) is 10.8. The lowest BCUT2D eigenvalue weighted by atomic mass is 10.2. The van der Waals surface area contributed by atoms with Gasteiger partial charge in [-0.3, -0.25) is 4.90 Å². The molecule has 1 fully saturated rings. The summed E-state index contributed by atoms with van der Waals surface area (Å²) in [4.78, 5) is 2.50. The number of benzene rings is 1. The van der Waals surface area contributed by atoms with Crippen molar-refractivity contribution in [2.24, 2.45) is 0 Å². The predicted octanol–water partition coefficient (Wildman–Crippen LogP) is 2.55. The van der Waals surface area contributed by atoms with Crippen LogP contribution < -0.4 is 4.74 Å². The quantitative estimate of drug-likeness (QED) is 0.749. The van der Waals surface area contributed by atoms with Crippen molar-refractivity contribution in [2.45, 2.75) is 25.8 Å². The molecule has 0 spiro atoms. The zero-order chi connectivity index (χ0) is 10.5. The number of nitrogens with zero attached hydrogens (tertiary/aromatic N) is 1. The maximum absolute atomic E-state index is 5.67. The van der Waals surface area contributed by atoms with Crippen LogP contribution in [-0.2, 0) is 0 Å². The Kier molecular flexibility index (Phi) is 3.62. The summed E-state index contributed by atoms with van der Waals surface area (Å²) in [5, 5.41) is 0. The topological polar surface area (TPSA) is 12.5 Å². The highest BCUT2D eigenvalue weighted by Gasteiger charge is 2.19. The molecular formula is C13H19NO. The van der Waals surface area contributed by atoms with E-state index in [-0.39, 0.29) is 0 Å². The standard InChI is InChI=1S/C13H19NO/c1-12-6-5-9-14(12)10-11-15-13-7-3-2-4-8-13/h2-4,7-8,12H,5-6,9-11H2,1H3/t12-/m0/s1. The molecule has 1 heterocycles. The number of ether oxygens (including phenoxy) is 1. The molecule has 1 atom stereocenters. The van der Waals surface area contributed by atoms with Gasteiger partial charge in [0, 0.05) is 12.6 Å². The second-order valence-electron chi connectivity index (χ2n) is 4.19. The molecule has 0 aliphatic carbocycles. The predicted molar refractivity (Wildman–Crippen MR) is 62.2 cm³/mol. The Morgan fingerprint density at radius 2 is 2.13 bits per heavy atom. The van der Waals surface area contributed by atoms with Crippen LogP contribution in [0.5, 0.6) is 5.75 Å². The molecule has 1 aromatic rings. The van der Waals surface area contributed by atoms with Gasteiger partial charge in [-0.2, -0.15) is 0 Å². The van der Waals surface area contributed by atoms with Gasteiger partial charge in [-0.25, -0.2) is 0 Å². The normalized spacial score (nSPS) is 21.8. The van der Waals surface area contributed by atoms with Gasteiger partial charge < -0.3 is 4.74 Å². The second-order valence-corrected chi connectivity index (χ2v) is 4.19. The molecule has 1 aliphatic heterocycles. The monoisotopic (exact) mass is 205 g/mol. The van der Waals surface area contributed by atoms with Gasteiger partial charge in [0.2, 0.25) is 0 Å². The molecular weight excluding hydrogens is 186 g/mol. The lowest BCUT2D eigenvalue weighted by molar-refractivity contribution is 0.204. The third-order valence-corrected chi connectivity index (χ3v) is 3.08. The van der Waals surface area contributed by atoms with Crippen molar-refractivity contribution in [3.05, 3.63) is 30.3 Å². The van der Waals surface area contributed by atoms with Crippen LogP contribution in [0.4, 0.5) is 0 Å². The van der Waals surface area contributed by atoms with Gasteiger partial charge in [-0.05, 0) is 38.4 Å². The maximum Gasteiger partial charge on any atom is 0.119 e. The van der Waals surface area contributed by atoms with Crippen LogP contribution in [-0.4, -0.2) is 30.6 Å². The summed E-state index contributed by atoms with van der Waals surface area (Å²) in [6.45, 7) is 5.39. The van der Waals surface area contributed by atoms with Crippen LogP contribution in [0.1, 0.15) is 19.8 Å². The van der Waals surface area contributed by atoms with Crippen LogP contribution in [0.2, 0.25) is 0 Å². The van der Waals surface area contributed by atoms with Gasteiger partial charge in [0.25, 0.3) is 0 Å². The number of likely N-dealkylation sites (tertiary alicyclic amines) is 1. The summed E-state index contributed by atoms with van der Waals surface area (Å²) in [7, 11) is 0. The van der Waals surface area contributed by atoms with Gasteiger partial charge in [-0.1, -0.05) is 18.2 Å². The van der Waals surface area contributed by atoms with E-state index in [9.17, 15) is 0 Å². The van der Waals surface area contributed by atoms with Crippen LogP contribution in [0.25, 0.3) is 0 Å². The van der Waals surface area contributed by atoms with E-state index >= 15 is 0 Å². The van der Waals surface area contributed by atoms with Crippen molar-refractivity contribution in [1.82, 2.24) is 4.90 Å². The molecule has 2 nitrogen and oxygen atoms in total. The second kappa shape index (κ2) is 5.17. The third-order valence-electron chi connectivity index (χ3n) is 3.08. The van der Waals surface area contributed by atoms with Crippen LogP contribution in [0.15, 0.2) is 30.3 Å². The minimum absolute atomic E-state index is 0.740. The number of hydrogen-bond acceptors (Lipinski definition) is 2. The zero-order valence-corrected chi connectivity index (χ0v) is 9.36. The molecule has 0 amide bonds. The van der Waals surface area contributed by atoms with Gasteiger partial charge >= 0.3 is 0 Å². The van der Waals surface area contributed by atoms with Crippen molar-refractivity contribution in [3.8, 4) is 5.75 Å². The fourth-order valence-electron chi connectivity index (χ4n) is 2.12. The summed E-state index contributed by atoms with van der Waals surface area (Å²) in [5.74, 6) is 0.976. The fraction of sp³-hybridized carbons (Fsp3) is 0.538. The molecule has 82 valence electrons. The van der Waals surface area contributed by atoms with E-state index < -0.39 is 0 Å². The van der Waals surface area contributed by atoms with E-state index in [2.05, 4.69) is 11.8 Å². The Hall–Kier alpha value is -1.02. The van der Waals surface area contributed by atoms with E-state index in [4.69, 9.17) is 4.74 Å². The maximum atomic E-state index is 5.67. The Balaban J connectivity index is 1.71. The minimum atomic E-state index is 0.740. The van der Waals surface area contributed by atoms with Gasteiger partial charge in [0.1, 0.15) is 12.4 Å². The third kappa shape index (κ3) is 2.96. The van der Waals surface area contributed by atoms with Crippen molar-refractivity contribution < 1.29 is 4.74 Å². The van der Waals surface area contributed by atoms with Crippen LogP contribution in [0.3, 0.4) is 0 Å². The average molecular weight is 205 g/mol. The first-order valence-electron chi connectivity index (χ1n) is 5.78. The highest BCUT2D eigenvalue weighted by atomic mass is 16.5. The summed E-state index contributed by atoms with van der Waals surface area (Å²) < 4.78 is 5.67. The summed E-state index contributed by atoms with van der Waals surface area (Å²) in [5.41, 5.74) is 0. The van der Waals surface area contributed by atoms with E-state index in [0.717, 1.165) is 24.9 Å². The smallest absolute Gasteiger partial charge is 0.119 e. The van der Waals surface area contributed by atoms with E-state index in [1.54, 1.807) is 0 Å². The Morgan fingerprint density at radius 3 is 2.80 bits per heavy atom. The van der Waals surface area contributed by atoms with Gasteiger partial charge in [0.05, 0.1) is 0 Å². The molecule has 15 heavy (non-hydrogen) atoms. The first kappa shape index (κ1) is 10.5. The highest BCUT2D eigenvalue weighted by Crippen LogP contribution is 2.16. The van der Waals surface area contributed by atoms with Crippen LogP contribution in [0, 0.1) is 0 Å². The van der Waals surface area contributed by atoms with E-state index in [1.165, 1.54) is 19.4 Å². The highest BCUT2D eigenvalue weighted by molar-refractivity contribution is 5.20. The van der Waals surface area contributed by atoms with Crippen molar-refractivity contribution in [1.29, 1.82) is 0 Å². The van der Waals surface area contributed by atoms with Crippen molar-refractivity contribution in [3.63, 3.8) is 0 Å². The van der Waals surface area contributed by atoms with E-state index in [0.29, 0.717) is 0 Å². The molecule has 0 N–H and O–H groups in total. The van der Waals surface area contributed by atoms with Crippen LogP contribution >= 0.6 is 0 Å². The Labute approximate surface area is 91.9 Å². The summed E-state index contributed by atoms with van der Waals surface area (Å²) >= 11 is 0. The molecule has 0 bridgehead atoms. The lowest BCUT2D eigenvalue weighted by Gasteiger charge is -2.20. The Bertz CT molecular complexity index is 286. The molecule has 0 unspecified atom stereocenters. The first-order chi connectivity index (χ1) is 7.36. The molecule has 0 saturated carbocycles. The minimum Gasteiger partial charge on any atom is -0.492 e. The lowest BCUT2D eigenvalue weighted by Crippen LogP contribution is -2.31. The average Bonchev–Trinajstić information content (AvgIpc) is 2.66.